The molecule has 3 rings (SSSR count). The summed E-state index contributed by atoms with van der Waals surface area (Å²) in [4.78, 5) is 12.7. The number of halogens is 2. The van der Waals surface area contributed by atoms with E-state index in [0.29, 0.717) is 36.0 Å². The molecule has 0 bridgehead atoms. The van der Waals surface area contributed by atoms with Gasteiger partial charge in [-0.2, -0.15) is 4.31 Å². The van der Waals surface area contributed by atoms with Crippen molar-refractivity contribution in [2.45, 2.75) is 36.6 Å². The number of nitrogens with one attached hydrogen (secondary N) is 1. The van der Waals surface area contributed by atoms with Gasteiger partial charge in [-0.3, -0.25) is 4.79 Å². The molecule has 5 nitrogen and oxygen atoms in total. The van der Waals surface area contributed by atoms with E-state index in [1.54, 1.807) is 0 Å². The molecule has 1 aliphatic heterocycles. The minimum absolute atomic E-state index is 0.152. The molecule has 0 radical (unpaired) electrons. The van der Waals surface area contributed by atoms with E-state index in [0.717, 1.165) is 18.4 Å². The molecule has 2 aromatic rings. The molecular formula is C20H22Cl2N2O3S. The van der Waals surface area contributed by atoms with E-state index in [1.807, 2.05) is 24.3 Å². The average Bonchev–Trinajstić information content (AvgIpc) is 3.18. The first-order valence-corrected chi connectivity index (χ1v) is 11.4. The minimum atomic E-state index is -3.73. The Labute approximate surface area is 175 Å². The fourth-order valence-electron chi connectivity index (χ4n) is 3.30. The van der Waals surface area contributed by atoms with Crippen molar-refractivity contribution < 1.29 is 13.2 Å². The number of sulfonamides is 1. The maximum atomic E-state index is 12.9. The van der Waals surface area contributed by atoms with E-state index in [4.69, 9.17) is 23.2 Å². The normalized spacial score (nSPS) is 17.6. The molecule has 0 aliphatic carbocycles. The van der Waals surface area contributed by atoms with Crippen molar-refractivity contribution in [3.8, 4) is 0 Å². The maximum Gasteiger partial charge on any atom is 0.243 e. The summed E-state index contributed by atoms with van der Waals surface area (Å²) in [7, 11) is -3.73. The number of carbonyl (C=O) groups is 1. The Bertz CT molecular complexity index is 915. The number of aryl methyl sites for hydroxylation is 1. The van der Waals surface area contributed by atoms with Crippen LogP contribution in [-0.2, 0) is 21.2 Å². The van der Waals surface area contributed by atoms with Crippen LogP contribution in [0.15, 0.2) is 53.4 Å². The van der Waals surface area contributed by atoms with Gasteiger partial charge < -0.3 is 5.32 Å². The van der Waals surface area contributed by atoms with Gasteiger partial charge in [-0.25, -0.2) is 8.42 Å². The SMILES string of the molecule is O=C(NCCCc1ccc(Cl)cc1)[C@H]1CCCN1S(=O)(=O)c1ccc(Cl)cc1. The van der Waals surface area contributed by atoms with Crippen molar-refractivity contribution >= 4 is 39.1 Å². The summed E-state index contributed by atoms with van der Waals surface area (Å²) in [6.07, 6.45) is 2.77. The van der Waals surface area contributed by atoms with Crippen molar-refractivity contribution in [1.82, 2.24) is 9.62 Å². The van der Waals surface area contributed by atoms with Gasteiger partial charge in [0.2, 0.25) is 15.9 Å². The fourth-order valence-corrected chi connectivity index (χ4v) is 5.21. The smallest absolute Gasteiger partial charge is 0.243 e. The van der Waals surface area contributed by atoms with E-state index >= 15 is 0 Å². The second-order valence-electron chi connectivity index (χ2n) is 6.75. The quantitative estimate of drug-likeness (QED) is 0.663. The number of amides is 1. The van der Waals surface area contributed by atoms with Crippen molar-refractivity contribution in [2.24, 2.45) is 0 Å². The molecule has 150 valence electrons. The van der Waals surface area contributed by atoms with Crippen LogP contribution in [0.2, 0.25) is 10.0 Å². The molecular weight excluding hydrogens is 419 g/mol. The Morgan fingerprint density at radius 1 is 1.04 bits per heavy atom. The van der Waals surface area contributed by atoms with Gasteiger partial charge in [0.05, 0.1) is 4.90 Å². The maximum absolute atomic E-state index is 12.9. The van der Waals surface area contributed by atoms with Crippen LogP contribution in [0, 0.1) is 0 Å². The average molecular weight is 441 g/mol. The third-order valence-corrected chi connectivity index (χ3v) is 7.21. The Hall–Kier alpha value is -1.60. The molecule has 1 aliphatic rings. The molecule has 1 fully saturated rings. The monoisotopic (exact) mass is 440 g/mol. The van der Waals surface area contributed by atoms with Gasteiger partial charge in [-0.05, 0) is 67.6 Å². The summed E-state index contributed by atoms with van der Waals surface area (Å²) in [5.74, 6) is -0.244. The van der Waals surface area contributed by atoms with E-state index in [1.165, 1.54) is 28.6 Å². The van der Waals surface area contributed by atoms with Crippen molar-refractivity contribution in [2.75, 3.05) is 13.1 Å². The van der Waals surface area contributed by atoms with Gasteiger partial charge in [0.1, 0.15) is 6.04 Å². The number of carbonyl (C=O) groups excluding carboxylic acids is 1. The van der Waals surface area contributed by atoms with E-state index in [-0.39, 0.29) is 10.8 Å². The number of nitrogens with zero attached hydrogens (tertiary/aromatic N) is 1. The first-order valence-electron chi connectivity index (χ1n) is 9.17. The zero-order chi connectivity index (χ0) is 20.1. The van der Waals surface area contributed by atoms with Crippen molar-refractivity contribution in [3.05, 3.63) is 64.1 Å². The third kappa shape index (κ3) is 5.06. The molecule has 0 spiro atoms. The molecule has 8 heteroatoms. The number of benzene rings is 2. The molecule has 2 aromatic carbocycles. The standard InChI is InChI=1S/C20H22Cl2N2O3S/c21-16-7-5-15(6-8-16)3-1-13-23-20(25)19-4-2-14-24(19)28(26,27)18-11-9-17(22)10-12-18/h5-12,19H,1-4,13-14H2,(H,23,25)/t19-/m1/s1. The lowest BCUT2D eigenvalue weighted by atomic mass is 10.1. The number of hydrogen-bond donors (Lipinski definition) is 1. The highest BCUT2D eigenvalue weighted by atomic mass is 35.5. The summed E-state index contributed by atoms with van der Waals surface area (Å²) in [5.41, 5.74) is 1.14. The minimum Gasteiger partial charge on any atom is -0.355 e. The fraction of sp³-hybridized carbons (Fsp3) is 0.350. The molecule has 1 amide bonds. The third-order valence-electron chi connectivity index (χ3n) is 4.78. The summed E-state index contributed by atoms with van der Waals surface area (Å²) in [6, 6.07) is 12.9. The van der Waals surface area contributed by atoms with Crippen LogP contribution in [-0.4, -0.2) is 37.8 Å². The van der Waals surface area contributed by atoms with Crippen LogP contribution in [0.5, 0.6) is 0 Å². The highest BCUT2D eigenvalue weighted by molar-refractivity contribution is 7.89. The Morgan fingerprint density at radius 3 is 2.29 bits per heavy atom. The van der Waals surface area contributed by atoms with Crippen LogP contribution in [0.25, 0.3) is 0 Å². The molecule has 0 saturated carbocycles. The number of hydrogen-bond acceptors (Lipinski definition) is 3. The first-order chi connectivity index (χ1) is 13.4. The van der Waals surface area contributed by atoms with Crippen LogP contribution in [0.4, 0.5) is 0 Å². The first kappa shape index (κ1) is 21.1. The molecule has 0 unspecified atom stereocenters. The van der Waals surface area contributed by atoms with Crippen molar-refractivity contribution in [3.63, 3.8) is 0 Å². The van der Waals surface area contributed by atoms with E-state index in [2.05, 4.69) is 5.32 Å². The summed E-state index contributed by atoms with van der Waals surface area (Å²) < 4.78 is 27.1. The molecule has 1 N–H and O–H groups in total. The van der Waals surface area contributed by atoms with Crippen molar-refractivity contribution in [1.29, 1.82) is 0 Å². The predicted octanol–water partition coefficient (Wildman–Crippen LogP) is 3.90. The highest BCUT2D eigenvalue weighted by Gasteiger charge is 2.39. The van der Waals surface area contributed by atoms with E-state index in [9.17, 15) is 13.2 Å². The molecule has 1 atom stereocenters. The molecule has 28 heavy (non-hydrogen) atoms. The summed E-state index contributed by atoms with van der Waals surface area (Å²) >= 11 is 11.7. The molecule has 1 heterocycles. The van der Waals surface area contributed by atoms with Crippen LogP contribution in [0.3, 0.4) is 0 Å². The Morgan fingerprint density at radius 2 is 1.64 bits per heavy atom. The van der Waals surface area contributed by atoms with Crippen LogP contribution < -0.4 is 5.32 Å². The van der Waals surface area contributed by atoms with E-state index < -0.39 is 16.1 Å². The van der Waals surface area contributed by atoms with Gasteiger partial charge in [0, 0.05) is 23.1 Å². The second-order valence-corrected chi connectivity index (χ2v) is 9.51. The van der Waals surface area contributed by atoms with Gasteiger partial charge >= 0.3 is 0 Å². The van der Waals surface area contributed by atoms with Gasteiger partial charge in [0.15, 0.2) is 0 Å². The lowest BCUT2D eigenvalue weighted by Crippen LogP contribution is -2.46. The molecule has 1 saturated heterocycles. The topological polar surface area (TPSA) is 66.5 Å². The predicted molar refractivity (Wildman–Crippen MR) is 111 cm³/mol. The zero-order valence-corrected chi connectivity index (χ0v) is 17.6. The van der Waals surface area contributed by atoms with Gasteiger partial charge in [-0.15, -0.1) is 0 Å². The zero-order valence-electron chi connectivity index (χ0n) is 15.3. The summed E-state index contributed by atoms with van der Waals surface area (Å²) in [6.45, 7) is 0.834. The van der Waals surface area contributed by atoms with Crippen LogP contribution >= 0.6 is 23.2 Å². The Balaban J connectivity index is 1.56. The number of rotatable bonds is 7. The van der Waals surface area contributed by atoms with Crippen LogP contribution in [0.1, 0.15) is 24.8 Å². The van der Waals surface area contributed by atoms with Gasteiger partial charge in [0.25, 0.3) is 0 Å². The molecule has 0 aromatic heterocycles. The largest absolute Gasteiger partial charge is 0.355 e. The van der Waals surface area contributed by atoms with Gasteiger partial charge in [-0.1, -0.05) is 35.3 Å². The second kappa shape index (κ2) is 9.27. The summed E-state index contributed by atoms with van der Waals surface area (Å²) in [5, 5.41) is 4.04. The lowest BCUT2D eigenvalue weighted by Gasteiger charge is -2.23. The lowest BCUT2D eigenvalue weighted by molar-refractivity contribution is -0.124. The highest BCUT2D eigenvalue weighted by Crippen LogP contribution is 2.27. The Kier molecular flexibility index (Phi) is 6.99.